The fraction of sp³-hybridized carbons (Fsp3) is 0.333. The monoisotopic (exact) mass is 561 g/mol. The van der Waals surface area contributed by atoms with E-state index in [0.717, 1.165) is 5.39 Å². The van der Waals surface area contributed by atoms with Gasteiger partial charge in [-0.2, -0.15) is 0 Å². The summed E-state index contributed by atoms with van der Waals surface area (Å²) in [5.41, 5.74) is 1.18. The predicted octanol–water partition coefficient (Wildman–Crippen LogP) is 5.38. The number of anilines is 1. The molecule has 7 nitrogen and oxygen atoms in total. The van der Waals surface area contributed by atoms with Gasteiger partial charge < -0.3 is 10.2 Å². The number of nitrogens with one attached hydrogen (secondary N) is 1. The highest BCUT2D eigenvalue weighted by Gasteiger charge is 2.35. The van der Waals surface area contributed by atoms with E-state index in [4.69, 9.17) is 23.2 Å². The largest absolute Gasteiger partial charge is 0.355 e. The van der Waals surface area contributed by atoms with Gasteiger partial charge >= 0.3 is 0 Å². The number of rotatable bonds is 10. The number of carbonyl (C=O) groups excluding carboxylic acids is 2. The van der Waals surface area contributed by atoms with Crippen LogP contribution < -0.4 is 9.62 Å². The van der Waals surface area contributed by atoms with E-state index in [-0.39, 0.29) is 42.6 Å². The second-order valence-electron chi connectivity index (χ2n) is 8.85. The quantitative estimate of drug-likeness (QED) is 0.360. The maximum Gasteiger partial charge on any atom is 0.265 e. The first-order valence-corrected chi connectivity index (χ1v) is 14.4. The zero-order valence-corrected chi connectivity index (χ0v) is 23.0. The van der Waals surface area contributed by atoms with E-state index in [2.05, 4.69) is 5.32 Å². The van der Waals surface area contributed by atoms with Crippen molar-refractivity contribution in [3.05, 3.63) is 70.2 Å². The molecule has 1 aliphatic rings. The fourth-order valence-electron chi connectivity index (χ4n) is 4.78. The lowest BCUT2D eigenvalue weighted by molar-refractivity contribution is -0.141. The van der Waals surface area contributed by atoms with Crippen LogP contribution in [0.25, 0.3) is 10.8 Å². The van der Waals surface area contributed by atoms with E-state index in [1.165, 1.54) is 9.21 Å². The lowest BCUT2D eigenvalue weighted by Gasteiger charge is -2.31. The highest BCUT2D eigenvalue weighted by Crippen LogP contribution is 2.42. The van der Waals surface area contributed by atoms with E-state index in [0.29, 0.717) is 39.6 Å². The van der Waals surface area contributed by atoms with E-state index in [9.17, 15) is 18.0 Å². The maximum atomic E-state index is 13.5. The molecular formula is C27H29Cl2N3O4S. The molecule has 0 radical (unpaired) electrons. The van der Waals surface area contributed by atoms with Gasteiger partial charge in [-0.1, -0.05) is 60.5 Å². The number of amides is 2. The molecule has 0 spiro atoms. The van der Waals surface area contributed by atoms with Crippen LogP contribution in [0.3, 0.4) is 0 Å². The molecule has 0 aromatic heterocycles. The van der Waals surface area contributed by atoms with Crippen molar-refractivity contribution in [2.24, 2.45) is 0 Å². The Morgan fingerprint density at radius 2 is 1.65 bits per heavy atom. The summed E-state index contributed by atoms with van der Waals surface area (Å²) in [5.74, 6) is -0.535. The molecule has 0 unspecified atom stereocenters. The molecule has 1 N–H and O–H groups in total. The highest BCUT2D eigenvalue weighted by molar-refractivity contribution is 7.93. The van der Waals surface area contributed by atoms with Gasteiger partial charge in [0.05, 0.1) is 10.6 Å². The zero-order chi connectivity index (χ0) is 26.7. The van der Waals surface area contributed by atoms with Crippen molar-refractivity contribution in [3.8, 4) is 0 Å². The van der Waals surface area contributed by atoms with Crippen molar-refractivity contribution in [2.75, 3.05) is 17.4 Å². The molecule has 1 heterocycles. The minimum atomic E-state index is -3.71. The van der Waals surface area contributed by atoms with Crippen LogP contribution in [0.5, 0.6) is 0 Å². The Bertz CT molecular complexity index is 1420. The Kier molecular flexibility index (Phi) is 8.31. The van der Waals surface area contributed by atoms with Crippen molar-refractivity contribution >= 4 is 61.5 Å². The molecule has 10 heteroatoms. The zero-order valence-electron chi connectivity index (χ0n) is 20.7. The standard InChI is InChI=1S/C27H29Cl2N3O4S/c1-3-22(27(34)30-4-2)31(17-19-20(28)11-7-12-21(19)29)25(33)15-8-16-32-23-13-5-9-18-10-6-14-24(26(18)23)37(32,35)36/h5-7,9-14,22H,3-4,8,15-17H2,1-2H3,(H,30,34)/t22-/m1/s1. The third-order valence-corrected chi connectivity index (χ3v) is 9.12. The van der Waals surface area contributed by atoms with Gasteiger partial charge in [0.1, 0.15) is 6.04 Å². The maximum absolute atomic E-state index is 13.5. The average Bonchev–Trinajstić information content (AvgIpc) is 3.09. The molecule has 0 aliphatic carbocycles. The molecule has 3 aromatic rings. The number of hydrogen-bond donors (Lipinski definition) is 1. The number of sulfonamides is 1. The minimum Gasteiger partial charge on any atom is -0.355 e. The van der Waals surface area contributed by atoms with Gasteiger partial charge in [0.15, 0.2) is 0 Å². The normalized spacial score (nSPS) is 14.5. The third kappa shape index (κ3) is 5.28. The van der Waals surface area contributed by atoms with Crippen molar-refractivity contribution in [1.29, 1.82) is 0 Å². The van der Waals surface area contributed by atoms with Crippen LogP contribution in [0.4, 0.5) is 5.69 Å². The van der Waals surface area contributed by atoms with E-state index < -0.39 is 16.1 Å². The molecule has 37 heavy (non-hydrogen) atoms. The summed E-state index contributed by atoms with van der Waals surface area (Å²) < 4.78 is 27.9. The number of likely N-dealkylation sites (N-methyl/N-ethyl adjacent to an activating group) is 1. The molecule has 1 aliphatic heterocycles. The van der Waals surface area contributed by atoms with E-state index in [1.807, 2.05) is 32.0 Å². The molecule has 1 atom stereocenters. The number of hydrogen-bond acceptors (Lipinski definition) is 4. The van der Waals surface area contributed by atoms with Crippen molar-refractivity contribution in [2.45, 2.75) is 50.6 Å². The van der Waals surface area contributed by atoms with Crippen LogP contribution in [0.15, 0.2) is 59.5 Å². The van der Waals surface area contributed by atoms with Crippen LogP contribution in [-0.4, -0.2) is 44.3 Å². The first-order chi connectivity index (χ1) is 17.7. The van der Waals surface area contributed by atoms with Crippen LogP contribution >= 0.6 is 23.2 Å². The smallest absolute Gasteiger partial charge is 0.265 e. The second kappa shape index (κ2) is 11.3. The van der Waals surface area contributed by atoms with Gasteiger partial charge in [-0.05, 0) is 49.4 Å². The van der Waals surface area contributed by atoms with Crippen LogP contribution in [0.1, 0.15) is 38.7 Å². The van der Waals surface area contributed by atoms with Crippen LogP contribution in [0, 0.1) is 0 Å². The van der Waals surface area contributed by atoms with E-state index in [1.54, 1.807) is 36.4 Å². The molecule has 196 valence electrons. The molecular weight excluding hydrogens is 533 g/mol. The summed E-state index contributed by atoms with van der Waals surface area (Å²) in [6.45, 7) is 4.29. The Balaban J connectivity index is 1.55. The van der Waals surface area contributed by atoms with Gasteiger partial charge in [-0.25, -0.2) is 8.42 Å². The number of nitrogens with zero attached hydrogens (tertiary/aromatic N) is 2. The summed E-state index contributed by atoms with van der Waals surface area (Å²) in [4.78, 5) is 28.1. The van der Waals surface area contributed by atoms with Gasteiger partial charge in [0, 0.05) is 47.1 Å². The topological polar surface area (TPSA) is 86.8 Å². The molecule has 0 fully saturated rings. The lowest BCUT2D eigenvalue weighted by atomic mass is 10.1. The molecule has 2 amide bonds. The van der Waals surface area contributed by atoms with Crippen LogP contribution in [0.2, 0.25) is 10.0 Å². The first kappa shape index (κ1) is 27.2. The fourth-order valence-corrected chi connectivity index (χ4v) is 7.05. The first-order valence-electron chi connectivity index (χ1n) is 12.2. The summed E-state index contributed by atoms with van der Waals surface area (Å²) in [6.07, 6.45) is 0.731. The Morgan fingerprint density at radius 1 is 1.00 bits per heavy atom. The van der Waals surface area contributed by atoms with Gasteiger partial charge in [0.25, 0.3) is 10.0 Å². The number of halogens is 2. The van der Waals surface area contributed by atoms with Crippen molar-refractivity contribution in [1.82, 2.24) is 10.2 Å². The number of benzene rings is 3. The highest BCUT2D eigenvalue weighted by atomic mass is 35.5. The lowest BCUT2D eigenvalue weighted by Crippen LogP contribution is -2.49. The molecule has 0 saturated carbocycles. The molecule has 0 saturated heterocycles. The summed E-state index contributed by atoms with van der Waals surface area (Å²) >= 11 is 12.8. The Morgan fingerprint density at radius 3 is 2.30 bits per heavy atom. The van der Waals surface area contributed by atoms with Gasteiger partial charge in [-0.15, -0.1) is 0 Å². The van der Waals surface area contributed by atoms with Gasteiger partial charge in [-0.3, -0.25) is 13.9 Å². The Hall–Kier alpha value is -2.81. The second-order valence-corrected chi connectivity index (χ2v) is 11.5. The molecule has 4 rings (SSSR count). The number of carbonyl (C=O) groups is 2. The van der Waals surface area contributed by atoms with Gasteiger partial charge in [0.2, 0.25) is 11.8 Å². The molecule has 0 bridgehead atoms. The van der Waals surface area contributed by atoms with Crippen molar-refractivity contribution in [3.63, 3.8) is 0 Å². The third-order valence-electron chi connectivity index (χ3n) is 6.56. The predicted molar refractivity (Wildman–Crippen MR) is 147 cm³/mol. The van der Waals surface area contributed by atoms with Crippen LogP contribution in [-0.2, 0) is 26.2 Å². The SMILES string of the molecule is CCNC(=O)[C@@H](CC)N(Cc1c(Cl)cccc1Cl)C(=O)CCCN1c2cccc3cccc(c23)S1(=O)=O. The minimum absolute atomic E-state index is 0.0519. The van der Waals surface area contributed by atoms with E-state index >= 15 is 0 Å². The average molecular weight is 563 g/mol. The summed E-state index contributed by atoms with van der Waals surface area (Å²) in [6, 6.07) is 15.1. The molecule has 3 aromatic carbocycles. The summed E-state index contributed by atoms with van der Waals surface area (Å²) in [5, 5.41) is 5.17. The Labute approximate surface area is 227 Å². The summed E-state index contributed by atoms with van der Waals surface area (Å²) in [7, 11) is -3.71. The van der Waals surface area contributed by atoms with Crippen molar-refractivity contribution < 1.29 is 18.0 Å².